The fourth-order valence-electron chi connectivity index (χ4n) is 2.17. The normalized spacial score (nSPS) is 11.8. The summed E-state index contributed by atoms with van der Waals surface area (Å²) in [5.74, 6) is -0.768. The molecule has 0 radical (unpaired) electrons. The molecule has 2 N–H and O–H groups in total. The van der Waals surface area contributed by atoms with Crippen molar-refractivity contribution >= 4 is 55.1 Å². The van der Waals surface area contributed by atoms with Crippen LogP contribution in [0.3, 0.4) is 0 Å². The first-order valence-corrected chi connectivity index (χ1v) is 8.41. The molecule has 3 rings (SSSR count). The molecule has 1 aromatic heterocycles. The van der Waals surface area contributed by atoms with Crippen LogP contribution in [0.15, 0.2) is 46.9 Å². The molecule has 116 valence electrons. The molecule has 0 atom stereocenters. The largest absolute Gasteiger partial charge is 0.507 e. The molecule has 1 heterocycles. The van der Waals surface area contributed by atoms with E-state index < -0.39 is 5.97 Å². The molecular weight excluding hydrogens is 378 g/mol. The van der Waals surface area contributed by atoms with E-state index in [1.54, 1.807) is 24.3 Å². The molecule has 0 spiro atoms. The standard InChI is InChI=1S/C17H12BrNO3S/c18-12-8-10(5-6-14(12)20)7-11(9-16(21)22)17-19-13-3-1-2-4-15(13)23-17/h1-8,20H,9H2,(H,21,22)/b11-7-. The fraction of sp³-hybridized carbons (Fsp3) is 0.0588. The number of phenolic OH excluding ortho intramolecular Hbond substituents is 1. The average Bonchev–Trinajstić information content (AvgIpc) is 2.94. The van der Waals surface area contributed by atoms with Gasteiger partial charge in [0.2, 0.25) is 0 Å². The number of carbonyl (C=O) groups is 1. The van der Waals surface area contributed by atoms with Gasteiger partial charge in [0.25, 0.3) is 0 Å². The number of aromatic nitrogens is 1. The van der Waals surface area contributed by atoms with Crippen LogP contribution < -0.4 is 0 Å². The van der Waals surface area contributed by atoms with Crippen LogP contribution in [0.5, 0.6) is 5.75 Å². The number of hydrogen-bond acceptors (Lipinski definition) is 4. The Morgan fingerprint density at radius 3 is 2.74 bits per heavy atom. The predicted molar refractivity (Wildman–Crippen MR) is 95.6 cm³/mol. The van der Waals surface area contributed by atoms with Crippen LogP contribution in [0.1, 0.15) is 17.0 Å². The lowest BCUT2D eigenvalue weighted by molar-refractivity contribution is -0.135. The lowest BCUT2D eigenvalue weighted by atomic mass is 10.1. The van der Waals surface area contributed by atoms with Crippen LogP contribution in [0.2, 0.25) is 0 Å². The second-order valence-electron chi connectivity index (χ2n) is 4.94. The van der Waals surface area contributed by atoms with Gasteiger partial charge in [0.15, 0.2) is 0 Å². The highest BCUT2D eigenvalue weighted by molar-refractivity contribution is 9.10. The number of nitrogens with zero attached hydrogens (tertiary/aromatic N) is 1. The molecule has 0 amide bonds. The van der Waals surface area contributed by atoms with E-state index in [0.29, 0.717) is 15.1 Å². The zero-order chi connectivity index (χ0) is 16.4. The van der Waals surface area contributed by atoms with Crippen molar-refractivity contribution in [3.63, 3.8) is 0 Å². The van der Waals surface area contributed by atoms with Crippen molar-refractivity contribution in [2.45, 2.75) is 6.42 Å². The van der Waals surface area contributed by atoms with Gasteiger partial charge in [0, 0.05) is 0 Å². The predicted octanol–water partition coefficient (Wildman–Crippen LogP) is 4.78. The van der Waals surface area contributed by atoms with Crippen LogP contribution in [0, 0.1) is 0 Å². The number of hydrogen-bond donors (Lipinski definition) is 2. The summed E-state index contributed by atoms with van der Waals surface area (Å²) in [6.45, 7) is 0. The first kappa shape index (κ1) is 15.7. The van der Waals surface area contributed by atoms with Gasteiger partial charge in [0.1, 0.15) is 10.8 Å². The highest BCUT2D eigenvalue weighted by Crippen LogP contribution is 2.31. The molecule has 0 unspecified atom stereocenters. The number of halogens is 1. The Morgan fingerprint density at radius 1 is 1.26 bits per heavy atom. The number of para-hydroxylation sites is 1. The first-order chi connectivity index (χ1) is 11.0. The number of benzene rings is 2. The van der Waals surface area contributed by atoms with Gasteiger partial charge in [-0.15, -0.1) is 11.3 Å². The summed E-state index contributed by atoms with van der Waals surface area (Å²) in [6.07, 6.45) is 1.67. The zero-order valence-electron chi connectivity index (χ0n) is 11.9. The summed E-state index contributed by atoms with van der Waals surface area (Å²) in [5, 5.41) is 19.4. The van der Waals surface area contributed by atoms with E-state index in [0.717, 1.165) is 15.8 Å². The smallest absolute Gasteiger partial charge is 0.307 e. The number of phenols is 1. The van der Waals surface area contributed by atoms with Gasteiger partial charge >= 0.3 is 5.97 Å². The third-order valence-corrected chi connectivity index (χ3v) is 4.97. The molecule has 0 aliphatic rings. The van der Waals surface area contributed by atoms with E-state index in [1.165, 1.54) is 11.3 Å². The molecule has 23 heavy (non-hydrogen) atoms. The fourth-order valence-corrected chi connectivity index (χ4v) is 3.55. The van der Waals surface area contributed by atoms with Crippen LogP contribution in [-0.2, 0) is 4.79 Å². The average molecular weight is 390 g/mol. The van der Waals surface area contributed by atoms with E-state index in [-0.39, 0.29) is 12.2 Å². The Labute approximate surface area is 144 Å². The molecule has 4 nitrogen and oxygen atoms in total. The van der Waals surface area contributed by atoms with Crippen LogP contribution in [-0.4, -0.2) is 21.2 Å². The van der Waals surface area contributed by atoms with Crippen LogP contribution in [0.4, 0.5) is 0 Å². The SMILES string of the molecule is O=C(O)C/C(=C/c1ccc(O)c(Br)c1)c1nc2ccccc2s1. The topological polar surface area (TPSA) is 70.4 Å². The molecule has 0 aliphatic carbocycles. The van der Waals surface area contributed by atoms with E-state index in [4.69, 9.17) is 0 Å². The van der Waals surface area contributed by atoms with Gasteiger partial charge in [-0.25, -0.2) is 4.98 Å². The number of aliphatic carboxylic acids is 1. The second kappa shape index (κ2) is 6.52. The number of aromatic hydroxyl groups is 1. The van der Waals surface area contributed by atoms with Gasteiger partial charge in [-0.2, -0.15) is 0 Å². The van der Waals surface area contributed by atoms with Crippen molar-refractivity contribution in [2.75, 3.05) is 0 Å². The van der Waals surface area contributed by atoms with E-state index in [9.17, 15) is 15.0 Å². The molecule has 0 aliphatic heterocycles. The summed E-state index contributed by atoms with van der Waals surface area (Å²) < 4.78 is 1.58. The summed E-state index contributed by atoms with van der Waals surface area (Å²) in [4.78, 5) is 15.7. The third-order valence-electron chi connectivity index (χ3n) is 3.22. The maximum atomic E-state index is 11.2. The number of carboxylic acids is 1. The number of carboxylic acid groups (broad SMARTS) is 1. The van der Waals surface area contributed by atoms with Crippen molar-refractivity contribution in [1.29, 1.82) is 0 Å². The Hall–Kier alpha value is -2.18. The van der Waals surface area contributed by atoms with Gasteiger partial charge in [-0.3, -0.25) is 4.79 Å². The highest BCUT2D eigenvalue weighted by atomic mass is 79.9. The quantitative estimate of drug-likeness (QED) is 0.673. The number of rotatable bonds is 4. The van der Waals surface area contributed by atoms with Gasteiger partial charge in [-0.05, 0) is 57.4 Å². The van der Waals surface area contributed by atoms with E-state index in [1.807, 2.05) is 24.3 Å². The maximum Gasteiger partial charge on any atom is 0.307 e. The van der Waals surface area contributed by atoms with Crippen LogP contribution in [0.25, 0.3) is 21.9 Å². The number of thiazole rings is 1. The summed E-state index contributed by atoms with van der Waals surface area (Å²) >= 11 is 4.73. The molecular formula is C17H12BrNO3S. The Kier molecular flexibility index (Phi) is 4.45. The molecule has 0 saturated heterocycles. The van der Waals surface area contributed by atoms with Crippen molar-refractivity contribution in [2.24, 2.45) is 0 Å². The minimum atomic E-state index is -0.909. The first-order valence-electron chi connectivity index (χ1n) is 6.80. The zero-order valence-corrected chi connectivity index (χ0v) is 14.3. The maximum absolute atomic E-state index is 11.2. The lowest BCUT2D eigenvalue weighted by Gasteiger charge is -2.03. The van der Waals surface area contributed by atoms with Crippen LogP contribution >= 0.6 is 27.3 Å². The van der Waals surface area contributed by atoms with Gasteiger partial charge in [0.05, 0.1) is 21.1 Å². The van der Waals surface area contributed by atoms with Crippen molar-refractivity contribution in [3.8, 4) is 5.75 Å². The Balaban J connectivity index is 2.07. The monoisotopic (exact) mass is 389 g/mol. The van der Waals surface area contributed by atoms with Crippen molar-refractivity contribution in [3.05, 3.63) is 57.5 Å². The molecule has 3 aromatic rings. The third kappa shape index (κ3) is 3.60. The Morgan fingerprint density at radius 2 is 2.04 bits per heavy atom. The van der Waals surface area contributed by atoms with E-state index >= 15 is 0 Å². The minimum Gasteiger partial charge on any atom is -0.507 e. The molecule has 2 aromatic carbocycles. The summed E-state index contributed by atoms with van der Waals surface area (Å²) in [5.41, 5.74) is 2.29. The molecule has 0 bridgehead atoms. The number of fused-ring (bicyclic) bond motifs is 1. The highest BCUT2D eigenvalue weighted by Gasteiger charge is 2.13. The van der Waals surface area contributed by atoms with Crippen molar-refractivity contribution < 1.29 is 15.0 Å². The summed E-state index contributed by atoms with van der Waals surface area (Å²) in [6, 6.07) is 12.7. The van der Waals surface area contributed by atoms with Gasteiger partial charge < -0.3 is 10.2 Å². The molecule has 0 fully saturated rings. The van der Waals surface area contributed by atoms with Gasteiger partial charge in [-0.1, -0.05) is 18.2 Å². The second-order valence-corrected chi connectivity index (χ2v) is 6.82. The minimum absolute atomic E-state index is 0.113. The molecule has 6 heteroatoms. The molecule has 0 saturated carbocycles. The van der Waals surface area contributed by atoms with E-state index in [2.05, 4.69) is 20.9 Å². The summed E-state index contributed by atoms with van der Waals surface area (Å²) in [7, 11) is 0. The Bertz CT molecular complexity index is 884. The lowest BCUT2D eigenvalue weighted by Crippen LogP contribution is -1.97. The van der Waals surface area contributed by atoms with Crippen molar-refractivity contribution in [1.82, 2.24) is 4.98 Å².